The fourth-order valence-electron chi connectivity index (χ4n) is 1.06. The summed E-state index contributed by atoms with van der Waals surface area (Å²) in [6.45, 7) is 2.92. The van der Waals surface area contributed by atoms with Crippen LogP contribution in [-0.2, 0) is 4.79 Å². The van der Waals surface area contributed by atoms with Crippen LogP contribution in [-0.4, -0.2) is 17.7 Å². The average Bonchev–Trinajstić information content (AvgIpc) is 2.21. The fraction of sp³-hybridized carbons (Fsp3) is 0.273. The average molecular weight is 288 g/mol. The zero-order valence-electron chi connectivity index (χ0n) is 8.88. The smallest absolute Gasteiger partial charge is 0.254 e. The summed E-state index contributed by atoms with van der Waals surface area (Å²) >= 11 is 2.99. The molecule has 1 rings (SSSR count). The Morgan fingerprint density at radius 1 is 1.44 bits per heavy atom. The zero-order valence-corrected chi connectivity index (χ0v) is 10.5. The lowest BCUT2D eigenvalue weighted by molar-refractivity contribution is -0.118. The Bertz CT molecular complexity index is 434. The molecule has 0 bridgehead atoms. The van der Waals surface area contributed by atoms with Gasteiger partial charge in [-0.1, -0.05) is 6.07 Å². The van der Waals surface area contributed by atoms with Crippen molar-refractivity contribution in [3.63, 3.8) is 0 Å². The molecule has 1 aromatic carbocycles. The molecule has 0 saturated carbocycles. The molecule has 0 aliphatic rings. The Morgan fingerprint density at radius 3 is 2.62 bits per heavy atom. The van der Waals surface area contributed by atoms with Crippen LogP contribution in [0.15, 0.2) is 22.7 Å². The third-order valence-corrected chi connectivity index (χ3v) is 2.77. The van der Waals surface area contributed by atoms with Crippen molar-refractivity contribution in [2.24, 2.45) is 0 Å². The number of hydrogen-bond acceptors (Lipinski definition) is 2. The molecule has 0 fully saturated rings. The van der Waals surface area contributed by atoms with Gasteiger partial charge in [-0.05, 0) is 41.9 Å². The van der Waals surface area contributed by atoms with Crippen molar-refractivity contribution in [3.05, 3.63) is 34.1 Å². The number of benzene rings is 1. The second-order valence-electron chi connectivity index (χ2n) is 3.41. The van der Waals surface area contributed by atoms with E-state index in [2.05, 4.69) is 21.2 Å². The van der Waals surface area contributed by atoms with E-state index >= 15 is 0 Å². The Kier molecular flexibility index (Phi) is 4.18. The minimum atomic E-state index is -0.629. The molecule has 1 N–H and O–H groups in total. The maximum atomic E-state index is 13.5. The van der Waals surface area contributed by atoms with Crippen molar-refractivity contribution < 1.29 is 14.0 Å². The van der Waals surface area contributed by atoms with Crippen molar-refractivity contribution in [1.82, 2.24) is 5.32 Å². The van der Waals surface area contributed by atoms with Gasteiger partial charge < -0.3 is 5.32 Å². The van der Waals surface area contributed by atoms with Crippen LogP contribution in [0.4, 0.5) is 4.39 Å². The van der Waals surface area contributed by atoms with E-state index in [1.165, 1.54) is 19.1 Å². The van der Waals surface area contributed by atoms with Gasteiger partial charge in [-0.15, -0.1) is 0 Å². The van der Waals surface area contributed by atoms with Crippen LogP contribution in [0.2, 0.25) is 0 Å². The van der Waals surface area contributed by atoms with Crippen molar-refractivity contribution in [2.75, 3.05) is 0 Å². The molecule has 5 heteroatoms. The van der Waals surface area contributed by atoms with Crippen LogP contribution >= 0.6 is 15.9 Å². The molecule has 86 valence electrons. The number of amides is 1. The number of ketones is 1. The van der Waals surface area contributed by atoms with E-state index in [0.29, 0.717) is 0 Å². The molecular weight excluding hydrogens is 277 g/mol. The lowest BCUT2D eigenvalue weighted by atomic mass is 10.1. The third-order valence-electron chi connectivity index (χ3n) is 2.15. The predicted molar refractivity (Wildman–Crippen MR) is 61.7 cm³/mol. The van der Waals surface area contributed by atoms with Gasteiger partial charge in [0.25, 0.3) is 5.91 Å². The van der Waals surface area contributed by atoms with E-state index in [1.54, 1.807) is 13.0 Å². The number of Topliss-reactive ketones (excluding diaryl/α,β-unsaturated/α-hetero) is 1. The largest absolute Gasteiger partial charge is 0.342 e. The molecular formula is C11H11BrFNO2. The number of halogens is 2. The van der Waals surface area contributed by atoms with Crippen LogP contribution in [0, 0.1) is 5.82 Å². The molecule has 1 amide bonds. The molecule has 0 spiro atoms. The minimum Gasteiger partial charge on any atom is -0.342 e. The van der Waals surface area contributed by atoms with Crippen molar-refractivity contribution in [2.45, 2.75) is 19.9 Å². The number of carbonyl (C=O) groups is 2. The first kappa shape index (κ1) is 12.8. The van der Waals surface area contributed by atoms with Crippen molar-refractivity contribution >= 4 is 27.6 Å². The molecule has 3 nitrogen and oxygen atoms in total. The van der Waals surface area contributed by atoms with Crippen LogP contribution in [0.3, 0.4) is 0 Å². The van der Waals surface area contributed by atoms with Gasteiger partial charge in [0, 0.05) is 0 Å². The van der Waals surface area contributed by atoms with Gasteiger partial charge in [0.15, 0.2) is 5.78 Å². The Hall–Kier alpha value is -1.23. The monoisotopic (exact) mass is 287 g/mol. The second kappa shape index (κ2) is 5.21. The number of carbonyl (C=O) groups excluding carboxylic acids is 2. The molecule has 0 heterocycles. The fourth-order valence-corrected chi connectivity index (χ4v) is 1.42. The summed E-state index contributed by atoms with van der Waals surface area (Å²) < 4.78 is 13.7. The zero-order chi connectivity index (χ0) is 12.3. The van der Waals surface area contributed by atoms with Crippen molar-refractivity contribution in [1.29, 1.82) is 0 Å². The first-order valence-corrected chi connectivity index (χ1v) is 5.48. The van der Waals surface area contributed by atoms with Gasteiger partial charge in [0.05, 0.1) is 16.1 Å². The van der Waals surface area contributed by atoms with Gasteiger partial charge in [0.2, 0.25) is 0 Å². The molecule has 16 heavy (non-hydrogen) atoms. The van der Waals surface area contributed by atoms with Crippen LogP contribution in [0.5, 0.6) is 0 Å². The first-order chi connectivity index (χ1) is 7.43. The summed E-state index contributed by atoms with van der Waals surface area (Å²) in [7, 11) is 0. The maximum absolute atomic E-state index is 13.5. The Balaban J connectivity index is 2.89. The highest BCUT2D eigenvalue weighted by Gasteiger charge is 2.17. The van der Waals surface area contributed by atoms with Crippen LogP contribution in [0.25, 0.3) is 0 Å². The first-order valence-electron chi connectivity index (χ1n) is 4.68. The van der Waals surface area contributed by atoms with Gasteiger partial charge in [-0.25, -0.2) is 4.39 Å². The minimum absolute atomic E-state index is 0.0810. The predicted octanol–water partition coefficient (Wildman–Crippen LogP) is 2.30. The quantitative estimate of drug-likeness (QED) is 0.927. The summed E-state index contributed by atoms with van der Waals surface area (Å²) in [5.74, 6) is -1.40. The highest BCUT2D eigenvalue weighted by atomic mass is 79.9. The molecule has 1 atom stereocenters. The third kappa shape index (κ3) is 2.88. The topological polar surface area (TPSA) is 46.2 Å². The standard InChI is InChI=1S/C11H11BrFNO2/c1-6(7(2)15)14-11(16)8-4-3-5-9(12)10(8)13/h3-6H,1-2H3,(H,14,16). The molecule has 0 saturated heterocycles. The summed E-state index contributed by atoms with van der Waals surface area (Å²) in [6.07, 6.45) is 0. The Morgan fingerprint density at radius 2 is 2.06 bits per heavy atom. The summed E-state index contributed by atoms with van der Waals surface area (Å²) in [5, 5.41) is 2.41. The van der Waals surface area contributed by atoms with Gasteiger partial charge in [0.1, 0.15) is 5.82 Å². The summed E-state index contributed by atoms with van der Waals surface area (Å²) in [5.41, 5.74) is -0.0810. The van der Waals surface area contributed by atoms with Gasteiger partial charge in [-0.2, -0.15) is 0 Å². The van der Waals surface area contributed by atoms with Gasteiger partial charge in [-0.3, -0.25) is 9.59 Å². The SMILES string of the molecule is CC(=O)C(C)NC(=O)c1cccc(Br)c1F. The lowest BCUT2D eigenvalue weighted by Gasteiger charge is -2.11. The molecule has 1 unspecified atom stereocenters. The van der Waals surface area contributed by atoms with E-state index in [0.717, 1.165) is 0 Å². The molecule has 1 aromatic rings. The van der Waals surface area contributed by atoms with Crippen LogP contribution in [0.1, 0.15) is 24.2 Å². The summed E-state index contributed by atoms with van der Waals surface area (Å²) in [4.78, 5) is 22.6. The van der Waals surface area contributed by atoms with E-state index in [1.807, 2.05) is 0 Å². The second-order valence-corrected chi connectivity index (χ2v) is 4.26. The van der Waals surface area contributed by atoms with Crippen LogP contribution < -0.4 is 5.32 Å². The number of hydrogen-bond donors (Lipinski definition) is 1. The molecule has 0 radical (unpaired) electrons. The maximum Gasteiger partial charge on any atom is 0.254 e. The lowest BCUT2D eigenvalue weighted by Crippen LogP contribution is -2.37. The van der Waals surface area contributed by atoms with E-state index in [9.17, 15) is 14.0 Å². The number of nitrogens with one attached hydrogen (secondary N) is 1. The van der Waals surface area contributed by atoms with E-state index in [-0.39, 0.29) is 15.8 Å². The van der Waals surface area contributed by atoms with E-state index in [4.69, 9.17) is 0 Å². The van der Waals surface area contributed by atoms with E-state index < -0.39 is 17.8 Å². The Labute approximate surface area is 101 Å². The highest BCUT2D eigenvalue weighted by Crippen LogP contribution is 2.18. The molecule has 0 aromatic heterocycles. The number of rotatable bonds is 3. The summed E-state index contributed by atoms with van der Waals surface area (Å²) in [6, 6.07) is 3.80. The normalized spacial score (nSPS) is 12.0. The van der Waals surface area contributed by atoms with Gasteiger partial charge >= 0.3 is 0 Å². The highest BCUT2D eigenvalue weighted by molar-refractivity contribution is 9.10. The van der Waals surface area contributed by atoms with Crippen molar-refractivity contribution in [3.8, 4) is 0 Å². The molecule has 0 aliphatic carbocycles. The molecule has 0 aliphatic heterocycles.